The lowest BCUT2D eigenvalue weighted by Crippen LogP contribution is -2.29. The summed E-state index contributed by atoms with van der Waals surface area (Å²) in [5.41, 5.74) is 0. The van der Waals surface area contributed by atoms with E-state index in [0.717, 1.165) is 10.4 Å². The molecule has 23 heavy (non-hydrogen) atoms. The van der Waals surface area contributed by atoms with Crippen molar-refractivity contribution in [3.8, 4) is 5.75 Å². The number of hydrogen-bond donors (Lipinski definition) is 0. The quantitative estimate of drug-likeness (QED) is 0.727. The van der Waals surface area contributed by atoms with Crippen LogP contribution in [0.25, 0.3) is 0 Å². The summed E-state index contributed by atoms with van der Waals surface area (Å²) in [6.45, 7) is 0.445. The molecule has 0 aromatic heterocycles. The van der Waals surface area contributed by atoms with Crippen molar-refractivity contribution in [2.24, 2.45) is 0 Å². The van der Waals surface area contributed by atoms with Crippen molar-refractivity contribution in [1.82, 2.24) is 4.31 Å². The molecule has 0 unspecified atom stereocenters. The molecule has 0 heterocycles. The van der Waals surface area contributed by atoms with Crippen LogP contribution in [0.3, 0.4) is 0 Å². The summed E-state index contributed by atoms with van der Waals surface area (Å²) in [5, 5.41) is 0. The number of nitrogens with zero attached hydrogens (tertiary/aromatic N) is 1. The normalized spacial score (nSPS) is 11.7. The van der Waals surface area contributed by atoms with Gasteiger partial charge in [-0.25, -0.2) is 21.5 Å². The zero-order chi connectivity index (χ0) is 16.9. The fraction of sp³-hybridized carbons (Fsp3) is 0.250. The van der Waals surface area contributed by atoms with Gasteiger partial charge in [-0.2, -0.15) is 0 Å². The Morgan fingerprint density at radius 1 is 1.04 bits per heavy atom. The lowest BCUT2D eigenvalue weighted by Gasteiger charge is -2.17. The molecule has 0 fully saturated rings. The van der Waals surface area contributed by atoms with Crippen LogP contribution in [0.15, 0.2) is 53.4 Å². The molecular formula is C16H17F2NO3S. The topological polar surface area (TPSA) is 46.6 Å². The maximum absolute atomic E-state index is 13.6. The Morgan fingerprint density at radius 2 is 1.70 bits per heavy atom. The first-order valence-electron chi connectivity index (χ1n) is 7.00. The van der Waals surface area contributed by atoms with Gasteiger partial charge in [-0.05, 0) is 42.8 Å². The number of hydrogen-bond acceptors (Lipinski definition) is 3. The van der Waals surface area contributed by atoms with Gasteiger partial charge in [0.2, 0.25) is 10.0 Å². The van der Waals surface area contributed by atoms with Crippen LogP contribution in [-0.2, 0) is 10.0 Å². The van der Waals surface area contributed by atoms with Crippen molar-refractivity contribution in [2.45, 2.75) is 11.3 Å². The number of rotatable bonds is 7. The highest BCUT2D eigenvalue weighted by molar-refractivity contribution is 7.89. The SMILES string of the molecule is CN(CCCOc1ccc(F)cc1)S(=O)(=O)c1ccccc1F. The Hall–Kier alpha value is -1.99. The minimum absolute atomic E-state index is 0.178. The van der Waals surface area contributed by atoms with Crippen molar-refractivity contribution in [3.63, 3.8) is 0 Å². The van der Waals surface area contributed by atoms with Crippen LogP contribution in [0.2, 0.25) is 0 Å². The standard InChI is InChI=1S/C16H17F2NO3S/c1-19(23(20,21)16-6-3-2-5-15(16)18)11-4-12-22-14-9-7-13(17)8-10-14/h2-3,5-10H,4,11-12H2,1H3. The summed E-state index contributed by atoms with van der Waals surface area (Å²) in [7, 11) is -2.48. The van der Waals surface area contributed by atoms with Crippen molar-refractivity contribution in [3.05, 3.63) is 60.2 Å². The van der Waals surface area contributed by atoms with Gasteiger partial charge in [-0.3, -0.25) is 0 Å². The second-order valence-electron chi connectivity index (χ2n) is 4.91. The lowest BCUT2D eigenvalue weighted by molar-refractivity contribution is 0.296. The fourth-order valence-corrected chi connectivity index (χ4v) is 3.22. The molecule has 2 aromatic carbocycles. The first-order valence-corrected chi connectivity index (χ1v) is 8.44. The Morgan fingerprint density at radius 3 is 2.35 bits per heavy atom. The molecule has 0 aliphatic rings. The van der Waals surface area contributed by atoms with E-state index in [0.29, 0.717) is 12.2 Å². The van der Waals surface area contributed by atoms with Gasteiger partial charge < -0.3 is 4.74 Å². The van der Waals surface area contributed by atoms with Crippen molar-refractivity contribution < 1.29 is 21.9 Å². The van der Waals surface area contributed by atoms with Gasteiger partial charge in [0.25, 0.3) is 0 Å². The highest BCUT2D eigenvalue weighted by atomic mass is 32.2. The van der Waals surface area contributed by atoms with Crippen molar-refractivity contribution in [2.75, 3.05) is 20.2 Å². The predicted molar refractivity (Wildman–Crippen MR) is 82.7 cm³/mol. The van der Waals surface area contributed by atoms with E-state index in [9.17, 15) is 17.2 Å². The summed E-state index contributed by atoms with van der Waals surface area (Å²) in [6, 6.07) is 10.8. The lowest BCUT2D eigenvalue weighted by atomic mass is 10.3. The molecule has 0 aliphatic heterocycles. The van der Waals surface area contributed by atoms with Crippen molar-refractivity contribution in [1.29, 1.82) is 0 Å². The van der Waals surface area contributed by atoms with E-state index >= 15 is 0 Å². The van der Waals surface area contributed by atoms with Crippen molar-refractivity contribution >= 4 is 10.0 Å². The third-order valence-electron chi connectivity index (χ3n) is 3.22. The minimum atomic E-state index is -3.87. The molecule has 0 N–H and O–H groups in total. The number of benzene rings is 2. The molecular weight excluding hydrogens is 324 g/mol. The van der Waals surface area contributed by atoms with E-state index in [1.807, 2.05) is 0 Å². The maximum Gasteiger partial charge on any atom is 0.245 e. The molecule has 0 aliphatic carbocycles. The molecule has 0 radical (unpaired) electrons. The van der Waals surface area contributed by atoms with Gasteiger partial charge in [0.05, 0.1) is 6.61 Å². The first kappa shape index (κ1) is 17.4. The summed E-state index contributed by atoms with van der Waals surface area (Å²) < 4.78 is 57.4. The van der Waals surface area contributed by atoms with Gasteiger partial charge >= 0.3 is 0 Å². The van der Waals surface area contributed by atoms with E-state index in [-0.39, 0.29) is 23.9 Å². The van der Waals surface area contributed by atoms with Crippen LogP contribution >= 0.6 is 0 Å². The minimum Gasteiger partial charge on any atom is -0.494 e. The summed E-state index contributed by atoms with van der Waals surface area (Å²) in [6.07, 6.45) is 0.418. The summed E-state index contributed by atoms with van der Waals surface area (Å²) in [5.74, 6) is -0.624. The van der Waals surface area contributed by atoms with Crippen LogP contribution in [0, 0.1) is 11.6 Å². The molecule has 0 spiro atoms. The average Bonchev–Trinajstić information content (AvgIpc) is 2.53. The van der Waals surface area contributed by atoms with E-state index in [1.54, 1.807) is 0 Å². The molecule has 2 rings (SSSR count). The van der Waals surface area contributed by atoms with Gasteiger partial charge in [0.1, 0.15) is 22.3 Å². The maximum atomic E-state index is 13.6. The molecule has 0 bridgehead atoms. The molecule has 0 saturated carbocycles. The molecule has 124 valence electrons. The molecule has 0 saturated heterocycles. The Balaban J connectivity index is 1.88. The Kier molecular flexibility index (Phi) is 5.68. The molecule has 7 heteroatoms. The predicted octanol–water partition coefficient (Wildman–Crippen LogP) is 3.05. The zero-order valence-corrected chi connectivity index (χ0v) is 13.4. The van der Waals surface area contributed by atoms with Crippen LogP contribution in [0.1, 0.15) is 6.42 Å². The summed E-state index contributed by atoms with van der Waals surface area (Å²) >= 11 is 0. The third kappa shape index (κ3) is 4.49. The first-order chi connectivity index (χ1) is 10.9. The molecule has 2 aromatic rings. The highest BCUT2D eigenvalue weighted by Gasteiger charge is 2.23. The van der Waals surface area contributed by atoms with Gasteiger partial charge in [0, 0.05) is 13.6 Å². The number of ether oxygens (including phenoxy) is 1. The molecule has 4 nitrogen and oxygen atoms in total. The third-order valence-corrected chi connectivity index (χ3v) is 5.11. The zero-order valence-electron chi connectivity index (χ0n) is 12.6. The van der Waals surface area contributed by atoms with Gasteiger partial charge in [-0.1, -0.05) is 12.1 Å². The largest absolute Gasteiger partial charge is 0.494 e. The fourth-order valence-electron chi connectivity index (χ4n) is 1.95. The second-order valence-corrected chi connectivity index (χ2v) is 6.93. The van der Waals surface area contributed by atoms with Gasteiger partial charge in [0.15, 0.2) is 0 Å². The van der Waals surface area contributed by atoms with Gasteiger partial charge in [-0.15, -0.1) is 0 Å². The van der Waals surface area contributed by atoms with Crippen LogP contribution in [-0.4, -0.2) is 32.9 Å². The highest BCUT2D eigenvalue weighted by Crippen LogP contribution is 2.18. The number of halogens is 2. The van der Waals surface area contributed by atoms with Crippen LogP contribution in [0.5, 0.6) is 5.75 Å². The van der Waals surface area contributed by atoms with E-state index < -0.39 is 15.8 Å². The average molecular weight is 341 g/mol. The Labute approximate surface area is 134 Å². The van der Waals surface area contributed by atoms with Crippen LogP contribution in [0.4, 0.5) is 8.78 Å². The summed E-state index contributed by atoms with van der Waals surface area (Å²) in [4.78, 5) is -0.345. The monoisotopic (exact) mass is 341 g/mol. The Bertz CT molecular complexity index is 748. The smallest absolute Gasteiger partial charge is 0.245 e. The number of sulfonamides is 1. The van der Waals surface area contributed by atoms with E-state index in [2.05, 4.69) is 0 Å². The molecule has 0 atom stereocenters. The van der Waals surface area contributed by atoms with E-state index in [4.69, 9.17) is 4.74 Å². The molecule has 0 amide bonds. The second kappa shape index (κ2) is 7.52. The van der Waals surface area contributed by atoms with Crippen LogP contribution < -0.4 is 4.74 Å². The van der Waals surface area contributed by atoms with E-state index in [1.165, 1.54) is 49.5 Å².